The van der Waals surface area contributed by atoms with E-state index in [1.54, 1.807) is 6.33 Å². The number of halogens is 1. The van der Waals surface area contributed by atoms with Crippen LogP contribution in [0.1, 0.15) is 29.4 Å². The number of hydrogen-bond acceptors (Lipinski definition) is 7. The Morgan fingerprint density at radius 3 is 2.09 bits per heavy atom. The fraction of sp³-hybridized carbons (Fsp3) is 0.192. The Kier molecular flexibility index (Phi) is 5.39. The maximum Gasteiger partial charge on any atom is 0.223 e. The van der Waals surface area contributed by atoms with E-state index in [4.69, 9.17) is 22.4 Å². The van der Waals surface area contributed by atoms with Crippen molar-refractivity contribution in [1.29, 1.82) is 0 Å². The van der Waals surface area contributed by atoms with E-state index in [1.807, 2.05) is 65.2 Å². The van der Waals surface area contributed by atoms with Crippen molar-refractivity contribution in [2.75, 3.05) is 12.3 Å². The van der Waals surface area contributed by atoms with Gasteiger partial charge in [-0.1, -0.05) is 72.3 Å². The molecule has 3 heterocycles. The number of benzene rings is 2. The van der Waals surface area contributed by atoms with E-state index in [0.29, 0.717) is 17.7 Å². The van der Waals surface area contributed by atoms with Crippen LogP contribution in [0.5, 0.6) is 0 Å². The Bertz CT molecular complexity index is 1520. The minimum absolute atomic E-state index is 0.0227. The van der Waals surface area contributed by atoms with Crippen molar-refractivity contribution in [1.82, 2.24) is 29.7 Å². The van der Waals surface area contributed by atoms with Gasteiger partial charge in [-0.3, -0.25) is 0 Å². The molecule has 0 fully saturated rings. The van der Waals surface area contributed by atoms with Crippen LogP contribution in [0.4, 0.5) is 5.95 Å². The van der Waals surface area contributed by atoms with Crippen LogP contribution in [0.3, 0.4) is 0 Å². The van der Waals surface area contributed by atoms with Gasteiger partial charge in [0, 0.05) is 29.5 Å². The molecule has 8 nitrogen and oxygen atoms in total. The average Bonchev–Trinajstić information content (AvgIpc) is 3.46. The van der Waals surface area contributed by atoms with Crippen molar-refractivity contribution in [3.8, 4) is 22.5 Å². The van der Waals surface area contributed by atoms with Gasteiger partial charge < -0.3 is 15.4 Å². The van der Waals surface area contributed by atoms with Gasteiger partial charge in [0.15, 0.2) is 10.8 Å². The largest absolute Gasteiger partial charge is 0.396 e. The monoisotopic (exact) mass is 483 g/mol. The molecule has 3 aromatic heterocycles. The summed E-state index contributed by atoms with van der Waals surface area (Å²) in [4.78, 5) is 12.8. The molecule has 1 aliphatic rings. The van der Waals surface area contributed by atoms with Crippen molar-refractivity contribution < 1.29 is 5.11 Å². The van der Waals surface area contributed by atoms with Gasteiger partial charge >= 0.3 is 0 Å². The predicted molar refractivity (Wildman–Crippen MR) is 135 cm³/mol. The lowest BCUT2D eigenvalue weighted by atomic mass is 9.93. The smallest absolute Gasteiger partial charge is 0.223 e. The molecule has 0 unspecified atom stereocenters. The number of nitrogens with zero attached hydrogens (tertiary/aromatic N) is 6. The summed E-state index contributed by atoms with van der Waals surface area (Å²) in [5.41, 5.74) is 12.7. The third-order valence-corrected chi connectivity index (χ3v) is 6.87. The molecule has 0 aliphatic heterocycles. The van der Waals surface area contributed by atoms with Crippen molar-refractivity contribution in [3.63, 3.8) is 0 Å². The van der Waals surface area contributed by atoms with Crippen LogP contribution in [0.2, 0.25) is 5.15 Å². The van der Waals surface area contributed by atoms with Crippen LogP contribution < -0.4 is 5.73 Å². The number of aliphatic hydroxyl groups is 1. The molecule has 35 heavy (non-hydrogen) atoms. The first-order valence-corrected chi connectivity index (χ1v) is 11.8. The number of rotatable bonds is 5. The molecule has 2 atom stereocenters. The molecule has 1 aliphatic carbocycles. The highest BCUT2D eigenvalue weighted by molar-refractivity contribution is 6.33. The summed E-state index contributed by atoms with van der Waals surface area (Å²) in [5, 5.41) is 20.0. The Morgan fingerprint density at radius 2 is 1.49 bits per heavy atom. The number of fused-ring (bicyclic) bond motifs is 2. The molecule has 0 radical (unpaired) electrons. The van der Waals surface area contributed by atoms with Gasteiger partial charge in [-0.2, -0.15) is 9.97 Å². The Balaban J connectivity index is 1.54. The zero-order chi connectivity index (χ0) is 23.9. The number of anilines is 1. The van der Waals surface area contributed by atoms with Crippen LogP contribution in [-0.2, 0) is 6.54 Å². The van der Waals surface area contributed by atoms with Gasteiger partial charge in [0.2, 0.25) is 5.95 Å². The van der Waals surface area contributed by atoms with Gasteiger partial charge in [-0.05, 0) is 17.5 Å². The lowest BCUT2D eigenvalue weighted by Crippen LogP contribution is -2.10. The molecule has 0 amide bonds. The standard InChI is InChI=1S/C26H22ClN7O/c27-24-23-25(31-26(28)30-24)34(14-29-23)12-17-11-18(13-35)20-19(17)21(15-7-3-1-4-8-15)32-33-22(20)16-9-5-2-6-10-16/h1-10,14,17-18,35H,11-13H2,(H2,28,30,31)/t17-,18+/m0/s1. The van der Waals surface area contributed by atoms with Gasteiger partial charge in [-0.25, -0.2) is 4.98 Å². The summed E-state index contributed by atoms with van der Waals surface area (Å²) in [6.45, 7) is 0.599. The normalized spacial score (nSPS) is 17.1. The zero-order valence-electron chi connectivity index (χ0n) is 18.7. The maximum atomic E-state index is 10.4. The predicted octanol–water partition coefficient (Wildman–Crippen LogP) is 4.45. The molecular formula is C26H22ClN7O. The van der Waals surface area contributed by atoms with E-state index in [-0.39, 0.29) is 29.5 Å². The molecule has 3 N–H and O–H groups in total. The Hall–Kier alpha value is -3.88. The van der Waals surface area contributed by atoms with E-state index in [0.717, 1.165) is 40.1 Å². The lowest BCUT2D eigenvalue weighted by molar-refractivity contribution is 0.260. The first kappa shape index (κ1) is 21.6. The third kappa shape index (κ3) is 3.71. The summed E-state index contributed by atoms with van der Waals surface area (Å²) < 4.78 is 1.95. The van der Waals surface area contributed by atoms with Gasteiger partial charge in [0.1, 0.15) is 5.52 Å². The highest BCUT2D eigenvalue weighted by atomic mass is 35.5. The van der Waals surface area contributed by atoms with Crippen LogP contribution in [0.25, 0.3) is 33.7 Å². The van der Waals surface area contributed by atoms with E-state index < -0.39 is 0 Å². The summed E-state index contributed by atoms with van der Waals surface area (Å²) in [5.74, 6) is 0.0791. The summed E-state index contributed by atoms with van der Waals surface area (Å²) in [6, 6.07) is 20.0. The Morgan fingerprint density at radius 1 is 0.886 bits per heavy atom. The van der Waals surface area contributed by atoms with Crippen molar-refractivity contribution in [2.24, 2.45) is 0 Å². The zero-order valence-corrected chi connectivity index (χ0v) is 19.5. The van der Waals surface area contributed by atoms with Crippen LogP contribution in [0.15, 0.2) is 67.0 Å². The van der Waals surface area contributed by atoms with Gasteiger partial charge in [0.05, 0.1) is 24.3 Å². The molecule has 5 aromatic rings. The highest BCUT2D eigenvalue weighted by Gasteiger charge is 2.37. The molecular weight excluding hydrogens is 462 g/mol. The first-order valence-electron chi connectivity index (χ1n) is 11.4. The number of nitrogen functional groups attached to an aromatic ring is 1. The SMILES string of the molecule is Nc1nc(Cl)c2ncn(C[C@@H]3C[C@H](CO)c4c(-c5ccccc5)nnc(-c5ccccc5)c43)c2n1. The van der Waals surface area contributed by atoms with Crippen LogP contribution in [0, 0.1) is 0 Å². The minimum atomic E-state index is -0.0683. The number of nitrogens with two attached hydrogens (primary N) is 1. The molecule has 0 saturated carbocycles. The quantitative estimate of drug-likeness (QED) is 0.355. The Labute approximate surface area is 206 Å². The van der Waals surface area contributed by atoms with Crippen LogP contribution >= 0.6 is 11.6 Å². The molecule has 9 heteroatoms. The summed E-state index contributed by atoms with van der Waals surface area (Å²) in [6.07, 6.45) is 2.46. The van der Waals surface area contributed by atoms with Gasteiger partial charge in [0.25, 0.3) is 0 Å². The topological polar surface area (TPSA) is 116 Å². The minimum Gasteiger partial charge on any atom is -0.396 e. The second-order valence-electron chi connectivity index (χ2n) is 8.71. The second-order valence-corrected chi connectivity index (χ2v) is 9.07. The molecule has 2 aromatic carbocycles. The van der Waals surface area contributed by atoms with E-state index in [1.165, 1.54) is 0 Å². The molecule has 0 bridgehead atoms. The fourth-order valence-corrected chi connectivity index (χ4v) is 5.34. The number of imidazole rings is 1. The van der Waals surface area contributed by atoms with Gasteiger partial charge in [-0.15, -0.1) is 10.2 Å². The second kappa shape index (κ2) is 8.72. The van der Waals surface area contributed by atoms with E-state index in [9.17, 15) is 5.11 Å². The van der Waals surface area contributed by atoms with E-state index >= 15 is 0 Å². The molecule has 0 saturated heterocycles. The maximum absolute atomic E-state index is 10.4. The van der Waals surface area contributed by atoms with Crippen LogP contribution in [-0.4, -0.2) is 41.4 Å². The average molecular weight is 484 g/mol. The van der Waals surface area contributed by atoms with Crippen molar-refractivity contribution >= 4 is 28.7 Å². The van der Waals surface area contributed by atoms with Crippen molar-refractivity contribution in [2.45, 2.75) is 24.8 Å². The summed E-state index contributed by atoms with van der Waals surface area (Å²) in [7, 11) is 0. The molecule has 0 spiro atoms. The molecule has 174 valence electrons. The molecule has 6 rings (SSSR count). The highest BCUT2D eigenvalue weighted by Crippen LogP contribution is 2.49. The summed E-state index contributed by atoms with van der Waals surface area (Å²) >= 11 is 6.25. The fourth-order valence-electron chi connectivity index (χ4n) is 5.12. The number of aromatic nitrogens is 6. The number of aliphatic hydroxyl groups excluding tert-OH is 1. The third-order valence-electron chi connectivity index (χ3n) is 6.61. The van der Waals surface area contributed by atoms with Crippen molar-refractivity contribution in [3.05, 3.63) is 83.3 Å². The van der Waals surface area contributed by atoms with E-state index in [2.05, 4.69) is 20.1 Å². The first-order chi connectivity index (χ1) is 17.1. The number of hydrogen-bond donors (Lipinski definition) is 2. The lowest BCUT2D eigenvalue weighted by Gasteiger charge is -2.18.